The van der Waals surface area contributed by atoms with E-state index in [1.807, 2.05) is 47.4 Å². The summed E-state index contributed by atoms with van der Waals surface area (Å²) in [5, 5.41) is 0. The molecule has 25 heavy (non-hydrogen) atoms. The molecule has 130 valence electrons. The van der Waals surface area contributed by atoms with Gasteiger partial charge in [0.25, 0.3) is 5.91 Å². The van der Waals surface area contributed by atoms with E-state index in [0.29, 0.717) is 24.6 Å². The summed E-state index contributed by atoms with van der Waals surface area (Å²) >= 11 is 0. The van der Waals surface area contributed by atoms with Crippen molar-refractivity contribution in [2.75, 3.05) is 13.2 Å². The number of rotatable bonds is 5. The van der Waals surface area contributed by atoms with Gasteiger partial charge in [0, 0.05) is 18.7 Å². The van der Waals surface area contributed by atoms with Crippen LogP contribution >= 0.6 is 0 Å². The lowest BCUT2D eigenvalue weighted by molar-refractivity contribution is -0.128. The van der Waals surface area contributed by atoms with E-state index in [9.17, 15) is 4.79 Å². The molecule has 3 nitrogen and oxygen atoms in total. The van der Waals surface area contributed by atoms with Crippen LogP contribution in [0.4, 0.5) is 0 Å². The standard InChI is InChI=1S/C22H25NO2/c1-16(2)13-23(14-19-10-5-4-8-17(19)3)22(24)20-12-18-9-6-7-11-21(18)25-15-20/h4-12,16H,13-15H2,1-3H3. The van der Waals surface area contributed by atoms with E-state index in [1.165, 1.54) is 11.1 Å². The number of amides is 1. The fourth-order valence-electron chi connectivity index (χ4n) is 3.10. The molecule has 2 aromatic rings. The maximum absolute atomic E-state index is 13.1. The minimum absolute atomic E-state index is 0.0615. The number of hydrogen-bond donors (Lipinski definition) is 0. The van der Waals surface area contributed by atoms with Crippen LogP contribution in [-0.4, -0.2) is 24.0 Å². The second-order valence-electron chi connectivity index (χ2n) is 7.00. The molecule has 3 heteroatoms. The zero-order chi connectivity index (χ0) is 17.8. The van der Waals surface area contributed by atoms with Gasteiger partial charge in [-0.15, -0.1) is 0 Å². The van der Waals surface area contributed by atoms with Gasteiger partial charge >= 0.3 is 0 Å². The van der Waals surface area contributed by atoms with Gasteiger partial charge in [-0.2, -0.15) is 0 Å². The molecule has 1 heterocycles. The Kier molecular flexibility index (Phi) is 5.22. The first-order valence-electron chi connectivity index (χ1n) is 8.81. The summed E-state index contributed by atoms with van der Waals surface area (Å²) in [4.78, 5) is 15.1. The highest BCUT2D eigenvalue weighted by atomic mass is 16.5. The summed E-state index contributed by atoms with van der Waals surface area (Å²) in [7, 11) is 0. The molecule has 0 saturated heterocycles. The molecule has 0 spiro atoms. The van der Waals surface area contributed by atoms with Gasteiger partial charge in [-0.05, 0) is 36.1 Å². The van der Waals surface area contributed by atoms with Gasteiger partial charge in [0.15, 0.2) is 0 Å². The number of benzene rings is 2. The van der Waals surface area contributed by atoms with Crippen LogP contribution in [0.2, 0.25) is 0 Å². The average Bonchev–Trinajstić information content (AvgIpc) is 2.61. The molecule has 0 aromatic heterocycles. The average molecular weight is 335 g/mol. The van der Waals surface area contributed by atoms with Crippen LogP contribution in [0.5, 0.6) is 5.75 Å². The maximum Gasteiger partial charge on any atom is 0.253 e. The lowest BCUT2D eigenvalue weighted by Crippen LogP contribution is -2.36. The van der Waals surface area contributed by atoms with Crippen LogP contribution in [0.15, 0.2) is 54.1 Å². The number of carbonyl (C=O) groups is 1. The van der Waals surface area contributed by atoms with Crippen molar-refractivity contribution in [3.8, 4) is 5.75 Å². The Hall–Kier alpha value is -2.55. The largest absolute Gasteiger partial charge is 0.488 e. The van der Waals surface area contributed by atoms with Gasteiger partial charge in [-0.1, -0.05) is 56.3 Å². The van der Waals surface area contributed by atoms with Crippen LogP contribution in [0.3, 0.4) is 0 Å². The SMILES string of the molecule is Cc1ccccc1CN(CC(C)C)C(=O)C1=Cc2ccccc2OC1. The first kappa shape index (κ1) is 17.3. The van der Waals surface area contributed by atoms with Crippen molar-refractivity contribution < 1.29 is 9.53 Å². The van der Waals surface area contributed by atoms with E-state index < -0.39 is 0 Å². The topological polar surface area (TPSA) is 29.5 Å². The van der Waals surface area contributed by atoms with Crippen molar-refractivity contribution >= 4 is 12.0 Å². The number of para-hydroxylation sites is 1. The summed E-state index contributed by atoms with van der Waals surface area (Å²) in [6.07, 6.45) is 1.96. The summed E-state index contributed by atoms with van der Waals surface area (Å²) in [6, 6.07) is 16.1. The van der Waals surface area contributed by atoms with Gasteiger partial charge in [0.1, 0.15) is 12.4 Å². The predicted molar refractivity (Wildman–Crippen MR) is 101 cm³/mol. The summed E-state index contributed by atoms with van der Waals surface area (Å²) in [6.45, 7) is 8.05. The molecule has 0 bridgehead atoms. The van der Waals surface area contributed by atoms with Crippen LogP contribution < -0.4 is 4.74 Å². The van der Waals surface area contributed by atoms with Crippen molar-refractivity contribution in [3.63, 3.8) is 0 Å². The fourth-order valence-corrected chi connectivity index (χ4v) is 3.10. The van der Waals surface area contributed by atoms with Crippen molar-refractivity contribution in [3.05, 3.63) is 70.8 Å². The Morgan fingerprint density at radius 2 is 1.84 bits per heavy atom. The van der Waals surface area contributed by atoms with E-state index >= 15 is 0 Å². The molecule has 1 aliphatic heterocycles. The smallest absolute Gasteiger partial charge is 0.253 e. The molecular formula is C22H25NO2. The fraction of sp³-hybridized carbons (Fsp3) is 0.318. The zero-order valence-corrected chi connectivity index (χ0v) is 15.2. The molecule has 3 rings (SSSR count). The van der Waals surface area contributed by atoms with Crippen molar-refractivity contribution in [1.29, 1.82) is 0 Å². The Morgan fingerprint density at radius 1 is 1.12 bits per heavy atom. The van der Waals surface area contributed by atoms with Crippen LogP contribution in [-0.2, 0) is 11.3 Å². The van der Waals surface area contributed by atoms with Gasteiger partial charge in [-0.3, -0.25) is 4.79 Å². The second-order valence-corrected chi connectivity index (χ2v) is 7.00. The van der Waals surface area contributed by atoms with E-state index in [2.05, 4.69) is 32.9 Å². The molecule has 0 atom stereocenters. The minimum Gasteiger partial charge on any atom is -0.488 e. The van der Waals surface area contributed by atoms with E-state index in [-0.39, 0.29) is 5.91 Å². The number of ether oxygens (including phenoxy) is 1. The minimum atomic E-state index is 0.0615. The van der Waals surface area contributed by atoms with Crippen LogP contribution in [0.1, 0.15) is 30.5 Å². The lowest BCUT2D eigenvalue weighted by Gasteiger charge is -2.28. The van der Waals surface area contributed by atoms with Crippen molar-refractivity contribution in [1.82, 2.24) is 4.90 Å². The van der Waals surface area contributed by atoms with E-state index in [4.69, 9.17) is 4.74 Å². The van der Waals surface area contributed by atoms with Crippen LogP contribution in [0, 0.1) is 12.8 Å². The summed E-state index contributed by atoms with van der Waals surface area (Å²) in [5.74, 6) is 1.31. The molecule has 0 saturated carbocycles. The predicted octanol–water partition coefficient (Wildman–Crippen LogP) is 4.46. The highest BCUT2D eigenvalue weighted by molar-refractivity contribution is 5.99. The van der Waals surface area contributed by atoms with Crippen molar-refractivity contribution in [2.24, 2.45) is 5.92 Å². The highest BCUT2D eigenvalue weighted by Crippen LogP contribution is 2.27. The number of fused-ring (bicyclic) bond motifs is 1. The maximum atomic E-state index is 13.1. The molecular weight excluding hydrogens is 310 g/mol. The zero-order valence-electron chi connectivity index (χ0n) is 15.2. The second kappa shape index (κ2) is 7.56. The molecule has 0 N–H and O–H groups in total. The highest BCUT2D eigenvalue weighted by Gasteiger charge is 2.23. The molecule has 0 aliphatic carbocycles. The quantitative estimate of drug-likeness (QED) is 0.807. The normalized spacial score (nSPS) is 13.0. The van der Waals surface area contributed by atoms with E-state index in [0.717, 1.165) is 17.9 Å². The molecule has 0 fully saturated rings. The van der Waals surface area contributed by atoms with Crippen LogP contribution in [0.25, 0.3) is 6.08 Å². The Balaban J connectivity index is 1.85. The third kappa shape index (κ3) is 4.11. The molecule has 0 unspecified atom stereocenters. The van der Waals surface area contributed by atoms with E-state index in [1.54, 1.807) is 0 Å². The first-order chi connectivity index (χ1) is 12.0. The van der Waals surface area contributed by atoms with Crippen molar-refractivity contribution in [2.45, 2.75) is 27.3 Å². The van der Waals surface area contributed by atoms with Gasteiger partial charge < -0.3 is 9.64 Å². The molecule has 1 amide bonds. The summed E-state index contributed by atoms with van der Waals surface area (Å²) in [5.41, 5.74) is 4.09. The van der Waals surface area contributed by atoms with Gasteiger partial charge in [0.05, 0.1) is 5.57 Å². The molecule has 1 aliphatic rings. The Morgan fingerprint density at radius 3 is 2.60 bits per heavy atom. The molecule has 2 aromatic carbocycles. The number of carbonyl (C=O) groups excluding carboxylic acids is 1. The van der Waals surface area contributed by atoms with Gasteiger partial charge in [-0.25, -0.2) is 0 Å². The first-order valence-corrected chi connectivity index (χ1v) is 8.81. The Labute approximate surface area is 149 Å². The number of hydrogen-bond acceptors (Lipinski definition) is 2. The number of aryl methyl sites for hydroxylation is 1. The molecule has 0 radical (unpaired) electrons. The summed E-state index contributed by atoms with van der Waals surface area (Å²) < 4.78 is 5.77. The monoisotopic (exact) mass is 335 g/mol. The van der Waals surface area contributed by atoms with Gasteiger partial charge in [0.2, 0.25) is 0 Å². The Bertz CT molecular complexity index is 792. The third-order valence-corrected chi connectivity index (χ3v) is 4.40. The third-order valence-electron chi connectivity index (χ3n) is 4.40. The lowest BCUT2D eigenvalue weighted by atomic mass is 10.0. The number of nitrogens with zero attached hydrogens (tertiary/aromatic N) is 1.